The Morgan fingerprint density at radius 3 is 1.91 bits per heavy atom. The lowest BCUT2D eigenvalue weighted by Gasteiger charge is -2.13. The van der Waals surface area contributed by atoms with Gasteiger partial charge < -0.3 is 10.2 Å². The maximum absolute atomic E-state index is 10.4. The molecule has 0 aliphatic carbocycles. The van der Waals surface area contributed by atoms with Gasteiger partial charge in [-0.3, -0.25) is 4.55 Å². The van der Waals surface area contributed by atoms with Crippen molar-refractivity contribution in [1.29, 1.82) is 0 Å². The van der Waals surface area contributed by atoms with Gasteiger partial charge in [0, 0.05) is 0 Å². The van der Waals surface area contributed by atoms with Crippen LogP contribution in [0.15, 0.2) is 0 Å². The van der Waals surface area contributed by atoms with Gasteiger partial charge in [-0.05, 0) is 6.42 Å². The highest BCUT2D eigenvalue weighted by atomic mass is 32.2. The summed E-state index contributed by atoms with van der Waals surface area (Å²) in [6.07, 6.45) is -1.51. The van der Waals surface area contributed by atoms with E-state index in [2.05, 4.69) is 0 Å². The topological polar surface area (TPSA) is 94.8 Å². The van der Waals surface area contributed by atoms with Crippen LogP contribution in [0, 0.1) is 0 Å². The zero-order valence-electron chi connectivity index (χ0n) is 6.14. The van der Waals surface area contributed by atoms with E-state index in [1.54, 1.807) is 6.92 Å². The van der Waals surface area contributed by atoms with Gasteiger partial charge in [0.1, 0.15) is 5.25 Å². The predicted molar refractivity (Wildman–Crippen MR) is 38.5 cm³/mol. The Hall–Kier alpha value is -0.170. The quantitative estimate of drug-likeness (QED) is 0.399. The van der Waals surface area contributed by atoms with Crippen LogP contribution in [-0.2, 0) is 10.1 Å². The molecule has 0 bridgehead atoms. The molecule has 0 fully saturated rings. The Morgan fingerprint density at radius 2 is 1.82 bits per heavy atom. The molecule has 0 aliphatic rings. The summed E-state index contributed by atoms with van der Waals surface area (Å²) in [6.45, 7) is 1.68. The maximum Gasteiger partial charge on any atom is 0.272 e. The molecular weight excluding hydrogens is 172 g/mol. The van der Waals surface area contributed by atoms with Gasteiger partial charge in [-0.25, -0.2) is 0 Å². The monoisotopic (exact) mass is 184 g/mol. The lowest BCUT2D eigenvalue weighted by atomic mass is 10.2. The number of hydrogen-bond acceptors (Lipinski definition) is 4. The molecule has 0 radical (unpaired) electrons. The van der Waals surface area contributed by atoms with Crippen LogP contribution in [0.2, 0.25) is 0 Å². The first-order chi connectivity index (χ1) is 4.89. The maximum atomic E-state index is 10.4. The largest absolute Gasteiger partial charge is 0.367 e. The van der Waals surface area contributed by atoms with Crippen molar-refractivity contribution < 1.29 is 23.2 Å². The van der Waals surface area contributed by atoms with Crippen LogP contribution in [-0.4, -0.2) is 34.7 Å². The summed E-state index contributed by atoms with van der Waals surface area (Å²) in [7, 11) is -4.33. The van der Waals surface area contributed by atoms with Crippen LogP contribution >= 0.6 is 0 Å². The van der Waals surface area contributed by atoms with Gasteiger partial charge in [0.25, 0.3) is 10.1 Å². The third-order valence-corrected chi connectivity index (χ3v) is 2.53. The molecule has 11 heavy (non-hydrogen) atoms. The van der Waals surface area contributed by atoms with E-state index in [4.69, 9.17) is 14.8 Å². The summed E-state index contributed by atoms with van der Waals surface area (Å²) >= 11 is 0. The molecular formula is C5H12O5S. The van der Waals surface area contributed by atoms with Crippen molar-refractivity contribution in [3.63, 3.8) is 0 Å². The fraction of sp³-hybridized carbons (Fsp3) is 1.00. The average Bonchev–Trinajstić information content (AvgIpc) is 1.79. The first kappa shape index (κ1) is 10.8. The van der Waals surface area contributed by atoms with E-state index in [1.165, 1.54) is 0 Å². The minimum absolute atomic E-state index is 0.0382. The molecule has 0 spiro atoms. The van der Waals surface area contributed by atoms with Crippen molar-refractivity contribution in [1.82, 2.24) is 0 Å². The molecule has 0 rings (SSSR count). The van der Waals surface area contributed by atoms with Gasteiger partial charge in [0.05, 0.1) is 0 Å². The van der Waals surface area contributed by atoms with Crippen molar-refractivity contribution >= 4 is 10.1 Å². The number of hydrogen-bond donors (Lipinski definition) is 3. The normalized spacial score (nSPS) is 15.4. The fourth-order valence-corrected chi connectivity index (χ4v) is 1.58. The first-order valence-corrected chi connectivity index (χ1v) is 4.72. The van der Waals surface area contributed by atoms with E-state index in [1.807, 2.05) is 0 Å². The van der Waals surface area contributed by atoms with E-state index in [9.17, 15) is 8.42 Å². The molecule has 0 heterocycles. The van der Waals surface area contributed by atoms with Gasteiger partial charge >= 0.3 is 0 Å². The Kier molecular flexibility index (Phi) is 3.95. The van der Waals surface area contributed by atoms with Crippen LogP contribution < -0.4 is 0 Å². The molecule has 1 unspecified atom stereocenters. The molecule has 0 saturated carbocycles. The summed E-state index contributed by atoms with van der Waals surface area (Å²) in [5.74, 6) is 0. The highest BCUT2D eigenvalue weighted by molar-refractivity contribution is 7.86. The van der Waals surface area contributed by atoms with E-state index in [0.717, 1.165) is 0 Å². The Bertz CT molecular complexity index is 195. The first-order valence-electron chi connectivity index (χ1n) is 3.22. The molecule has 0 aromatic carbocycles. The van der Waals surface area contributed by atoms with Crippen molar-refractivity contribution in [3.8, 4) is 0 Å². The van der Waals surface area contributed by atoms with Crippen molar-refractivity contribution in [2.45, 2.75) is 31.3 Å². The molecule has 0 aliphatic heterocycles. The summed E-state index contributed by atoms with van der Waals surface area (Å²) in [5, 5.41) is 15.5. The van der Waals surface area contributed by atoms with E-state index in [-0.39, 0.29) is 6.42 Å². The highest BCUT2D eigenvalue weighted by Gasteiger charge is 2.28. The lowest BCUT2D eigenvalue weighted by molar-refractivity contribution is -0.0444. The van der Waals surface area contributed by atoms with Crippen LogP contribution in [0.5, 0.6) is 0 Å². The van der Waals surface area contributed by atoms with Gasteiger partial charge in [-0.2, -0.15) is 8.42 Å². The van der Waals surface area contributed by atoms with Gasteiger partial charge in [0.2, 0.25) is 0 Å². The summed E-state index contributed by atoms with van der Waals surface area (Å²) in [6, 6.07) is 0. The molecule has 68 valence electrons. The predicted octanol–water partition coefficient (Wildman–Crippen LogP) is -0.646. The van der Waals surface area contributed by atoms with Crippen molar-refractivity contribution in [3.05, 3.63) is 0 Å². The Balaban J connectivity index is 4.36. The summed E-state index contributed by atoms with van der Waals surface area (Å²) < 4.78 is 29.2. The van der Waals surface area contributed by atoms with Gasteiger partial charge in [-0.15, -0.1) is 0 Å². The van der Waals surface area contributed by atoms with Gasteiger partial charge in [0.15, 0.2) is 6.29 Å². The minimum Gasteiger partial charge on any atom is -0.367 e. The molecule has 0 aromatic heterocycles. The second kappa shape index (κ2) is 4.01. The van der Waals surface area contributed by atoms with Crippen LogP contribution in [0.1, 0.15) is 19.8 Å². The van der Waals surface area contributed by atoms with Gasteiger partial charge in [-0.1, -0.05) is 13.3 Å². The zero-order valence-corrected chi connectivity index (χ0v) is 6.95. The Morgan fingerprint density at radius 1 is 1.36 bits per heavy atom. The number of aliphatic hydroxyl groups excluding tert-OH is 1. The fourth-order valence-electron chi connectivity index (χ4n) is 0.736. The SMILES string of the molecule is CCCC(C(O)O)S(=O)(=O)O. The van der Waals surface area contributed by atoms with Crippen LogP contribution in [0.25, 0.3) is 0 Å². The number of rotatable bonds is 4. The standard InChI is InChI=1S/C5H12O5S/c1-2-3-4(5(6)7)11(8,9)10/h4-7H,2-3H2,1H3,(H,8,9,10). The van der Waals surface area contributed by atoms with Crippen molar-refractivity contribution in [2.75, 3.05) is 0 Å². The highest BCUT2D eigenvalue weighted by Crippen LogP contribution is 2.09. The minimum atomic E-state index is -4.33. The summed E-state index contributed by atoms with van der Waals surface area (Å²) in [4.78, 5) is 0. The zero-order chi connectivity index (χ0) is 9.07. The Labute approximate surface area is 65.4 Å². The third kappa shape index (κ3) is 3.66. The lowest BCUT2D eigenvalue weighted by Crippen LogP contribution is -2.33. The molecule has 3 N–H and O–H groups in total. The van der Waals surface area contributed by atoms with Crippen LogP contribution in [0.3, 0.4) is 0 Å². The summed E-state index contributed by atoms with van der Waals surface area (Å²) in [5.41, 5.74) is 0. The van der Waals surface area contributed by atoms with Crippen LogP contribution in [0.4, 0.5) is 0 Å². The second-order valence-corrected chi connectivity index (χ2v) is 3.89. The van der Waals surface area contributed by atoms with E-state index >= 15 is 0 Å². The van der Waals surface area contributed by atoms with Crippen molar-refractivity contribution in [2.24, 2.45) is 0 Å². The molecule has 6 heteroatoms. The number of aliphatic hydroxyl groups is 2. The molecule has 0 amide bonds. The van der Waals surface area contributed by atoms with E-state index < -0.39 is 21.7 Å². The second-order valence-electron chi connectivity index (χ2n) is 2.26. The molecule has 5 nitrogen and oxygen atoms in total. The smallest absolute Gasteiger partial charge is 0.272 e. The molecule has 0 saturated heterocycles. The average molecular weight is 184 g/mol. The van der Waals surface area contributed by atoms with E-state index in [0.29, 0.717) is 6.42 Å². The molecule has 1 atom stereocenters. The third-order valence-electron chi connectivity index (χ3n) is 1.29. The molecule has 0 aromatic rings.